The van der Waals surface area contributed by atoms with E-state index in [4.69, 9.17) is 11.6 Å². The number of carbonyl (C=O) groups excluding carboxylic acids is 1. The number of hydrogen-bond acceptors (Lipinski definition) is 1. The number of hydrogen-bond donors (Lipinski definition) is 0. The van der Waals surface area contributed by atoms with E-state index in [2.05, 4.69) is 15.9 Å². The van der Waals surface area contributed by atoms with E-state index < -0.39 is 0 Å². The Hall–Kier alpha value is -0.340. The molecular formula is C10H8BrClO. The Labute approximate surface area is 90.2 Å². The van der Waals surface area contributed by atoms with Crippen molar-refractivity contribution >= 4 is 33.8 Å². The highest BCUT2D eigenvalue weighted by molar-refractivity contribution is 9.10. The smallest absolute Gasteiger partial charge is 0.150 e. The monoisotopic (exact) mass is 258 g/mol. The Morgan fingerprint density at radius 2 is 2.15 bits per heavy atom. The molecule has 0 aromatic heterocycles. The minimum atomic E-state index is 0.600. The maximum Gasteiger partial charge on any atom is 0.150 e. The maximum absolute atomic E-state index is 10.5. The first-order valence-electron chi connectivity index (χ1n) is 4.16. The molecule has 1 aliphatic carbocycles. The highest BCUT2D eigenvalue weighted by atomic mass is 79.9. The molecule has 68 valence electrons. The highest BCUT2D eigenvalue weighted by Crippen LogP contribution is 2.46. The van der Waals surface area contributed by atoms with Crippen LogP contribution in [0.2, 0.25) is 5.02 Å². The molecule has 1 aromatic rings. The molecule has 1 nitrogen and oxygen atoms in total. The van der Waals surface area contributed by atoms with Crippen molar-refractivity contribution in [3.8, 4) is 0 Å². The molecule has 0 N–H and O–H groups in total. The fraction of sp³-hybridized carbons (Fsp3) is 0.300. The first-order valence-corrected chi connectivity index (χ1v) is 5.33. The molecule has 0 aliphatic heterocycles. The third-order valence-electron chi connectivity index (χ3n) is 2.22. The first-order chi connectivity index (χ1) is 6.22. The van der Waals surface area contributed by atoms with Gasteiger partial charge in [0, 0.05) is 15.1 Å². The van der Waals surface area contributed by atoms with Gasteiger partial charge in [0.05, 0.1) is 0 Å². The zero-order valence-corrected chi connectivity index (χ0v) is 9.23. The lowest BCUT2D eigenvalue weighted by Crippen LogP contribution is -1.88. The number of carbonyl (C=O) groups is 1. The van der Waals surface area contributed by atoms with Crippen LogP contribution in [0.1, 0.15) is 34.7 Å². The van der Waals surface area contributed by atoms with Crippen molar-refractivity contribution < 1.29 is 4.79 Å². The van der Waals surface area contributed by atoms with Crippen LogP contribution in [0.4, 0.5) is 0 Å². The summed E-state index contributed by atoms with van der Waals surface area (Å²) >= 11 is 9.50. The molecule has 13 heavy (non-hydrogen) atoms. The Morgan fingerprint density at radius 1 is 1.46 bits per heavy atom. The van der Waals surface area contributed by atoms with E-state index in [1.54, 1.807) is 6.07 Å². The Morgan fingerprint density at radius 3 is 2.62 bits per heavy atom. The van der Waals surface area contributed by atoms with Crippen molar-refractivity contribution in [3.63, 3.8) is 0 Å². The SMILES string of the molecule is O=Cc1cc(Cl)c(C2CC2)c(Br)c1. The van der Waals surface area contributed by atoms with Crippen molar-refractivity contribution in [2.24, 2.45) is 0 Å². The molecule has 1 aliphatic rings. The van der Waals surface area contributed by atoms with Gasteiger partial charge in [-0.3, -0.25) is 4.79 Å². The molecule has 0 heterocycles. The Kier molecular flexibility index (Phi) is 2.43. The van der Waals surface area contributed by atoms with Crippen molar-refractivity contribution in [2.45, 2.75) is 18.8 Å². The van der Waals surface area contributed by atoms with Crippen molar-refractivity contribution in [3.05, 3.63) is 32.8 Å². The standard InChI is InChI=1S/C10H8BrClO/c11-8-3-6(5-13)4-9(12)10(8)7-1-2-7/h3-5,7H,1-2H2. The molecule has 2 rings (SSSR count). The summed E-state index contributed by atoms with van der Waals surface area (Å²) in [6.07, 6.45) is 3.23. The summed E-state index contributed by atoms with van der Waals surface area (Å²) in [5, 5.41) is 0.707. The van der Waals surface area contributed by atoms with Gasteiger partial charge in [-0.15, -0.1) is 0 Å². The van der Waals surface area contributed by atoms with Gasteiger partial charge >= 0.3 is 0 Å². The van der Waals surface area contributed by atoms with E-state index in [9.17, 15) is 4.79 Å². The zero-order chi connectivity index (χ0) is 9.42. The van der Waals surface area contributed by atoms with Crippen LogP contribution in [0.5, 0.6) is 0 Å². The summed E-state index contributed by atoms with van der Waals surface area (Å²) in [5.41, 5.74) is 1.79. The fourth-order valence-corrected chi connectivity index (χ4v) is 2.73. The van der Waals surface area contributed by atoms with Crippen LogP contribution in [-0.2, 0) is 0 Å². The normalized spacial score (nSPS) is 15.8. The molecule has 0 unspecified atom stereocenters. The van der Waals surface area contributed by atoms with Gasteiger partial charge in [0.15, 0.2) is 0 Å². The van der Waals surface area contributed by atoms with E-state index in [0.717, 1.165) is 16.3 Å². The molecule has 0 atom stereocenters. The summed E-state index contributed by atoms with van der Waals surface area (Å²) < 4.78 is 0.963. The van der Waals surface area contributed by atoms with E-state index in [-0.39, 0.29) is 0 Å². The molecule has 0 radical (unpaired) electrons. The van der Waals surface area contributed by atoms with Crippen LogP contribution < -0.4 is 0 Å². The van der Waals surface area contributed by atoms with E-state index in [1.165, 1.54) is 12.8 Å². The third-order valence-corrected chi connectivity index (χ3v) is 3.19. The predicted octanol–water partition coefficient (Wildman–Crippen LogP) is 3.79. The van der Waals surface area contributed by atoms with Crippen LogP contribution >= 0.6 is 27.5 Å². The van der Waals surface area contributed by atoms with E-state index in [0.29, 0.717) is 16.5 Å². The van der Waals surface area contributed by atoms with Gasteiger partial charge in [-0.25, -0.2) is 0 Å². The van der Waals surface area contributed by atoms with Gasteiger partial charge in [-0.2, -0.15) is 0 Å². The molecule has 0 saturated heterocycles. The van der Waals surface area contributed by atoms with Gasteiger partial charge in [0.1, 0.15) is 6.29 Å². The summed E-state index contributed by atoms with van der Waals surface area (Å²) in [5.74, 6) is 0.600. The highest BCUT2D eigenvalue weighted by Gasteiger charge is 2.28. The lowest BCUT2D eigenvalue weighted by atomic mass is 10.1. The average Bonchev–Trinajstić information content (AvgIpc) is 2.87. The second kappa shape index (κ2) is 3.43. The van der Waals surface area contributed by atoms with Crippen LogP contribution in [-0.4, -0.2) is 6.29 Å². The molecule has 0 bridgehead atoms. The molecular weight excluding hydrogens is 251 g/mol. The predicted molar refractivity (Wildman–Crippen MR) is 56.5 cm³/mol. The number of aldehydes is 1. The topological polar surface area (TPSA) is 17.1 Å². The van der Waals surface area contributed by atoms with Crippen LogP contribution in [0.15, 0.2) is 16.6 Å². The second-order valence-corrected chi connectivity index (χ2v) is 4.55. The third kappa shape index (κ3) is 1.79. The molecule has 1 fully saturated rings. The number of benzene rings is 1. The lowest BCUT2D eigenvalue weighted by molar-refractivity contribution is 0.112. The van der Waals surface area contributed by atoms with Crippen molar-refractivity contribution in [1.29, 1.82) is 0 Å². The Bertz CT molecular complexity index is 335. The summed E-state index contributed by atoms with van der Waals surface area (Å²) in [4.78, 5) is 10.5. The van der Waals surface area contributed by atoms with E-state index in [1.807, 2.05) is 6.07 Å². The maximum atomic E-state index is 10.5. The van der Waals surface area contributed by atoms with Gasteiger partial charge in [0.25, 0.3) is 0 Å². The zero-order valence-electron chi connectivity index (χ0n) is 6.89. The first kappa shape index (κ1) is 9.22. The minimum Gasteiger partial charge on any atom is -0.298 e. The van der Waals surface area contributed by atoms with Crippen LogP contribution in [0, 0.1) is 0 Å². The van der Waals surface area contributed by atoms with Crippen molar-refractivity contribution in [1.82, 2.24) is 0 Å². The van der Waals surface area contributed by atoms with Gasteiger partial charge in [0.2, 0.25) is 0 Å². The largest absolute Gasteiger partial charge is 0.298 e. The van der Waals surface area contributed by atoms with Gasteiger partial charge in [-0.05, 0) is 36.5 Å². The molecule has 0 amide bonds. The van der Waals surface area contributed by atoms with Crippen LogP contribution in [0.25, 0.3) is 0 Å². The quantitative estimate of drug-likeness (QED) is 0.739. The summed E-state index contributed by atoms with van der Waals surface area (Å²) in [6.45, 7) is 0. The molecule has 1 aromatic carbocycles. The summed E-state index contributed by atoms with van der Waals surface area (Å²) in [6, 6.07) is 3.56. The Balaban J connectivity index is 2.50. The second-order valence-electron chi connectivity index (χ2n) is 3.29. The van der Waals surface area contributed by atoms with E-state index >= 15 is 0 Å². The average molecular weight is 260 g/mol. The van der Waals surface area contributed by atoms with Crippen LogP contribution in [0.3, 0.4) is 0 Å². The van der Waals surface area contributed by atoms with Crippen molar-refractivity contribution in [2.75, 3.05) is 0 Å². The summed E-state index contributed by atoms with van der Waals surface area (Å²) in [7, 11) is 0. The fourth-order valence-electron chi connectivity index (χ4n) is 1.43. The molecule has 1 saturated carbocycles. The number of halogens is 2. The van der Waals surface area contributed by atoms with Gasteiger partial charge in [-0.1, -0.05) is 27.5 Å². The lowest BCUT2D eigenvalue weighted by Gasteiger charge is -2.05. The minimum absolute atomic E-state index is 0.600. The molecule has 3 heteroatoms. The molecule has 0 spiro atoms. The number of rotatable bonds is 2. The van der Waals surface area contributed by atoms with Gasteiger partial charge < -0.3 is 0 Å².